The smallest absolute Gasteiger partial charge is 0.251 e. The largest absolute Gasteiger partial charge is 0.324 e. The van der Waals surface area contributed by atoms with Crippen LogP contribution in [0.25, 0.3) is 0 Å². The van der Waals surface area contributed by atoms with Crippen LogP contribution in [0.3, 0.4) is 0 Å². The summed E-state index contributed by atoms with van der Waals surface area (Å²) in [5, 5.41) is 2.85. The van der Waals surface area contributed by atoms with Crippen LogP contribution in [0, 0.1) is 20.8 Å². The molecule has 0 unspecified atom stereocenters. The predicted octanol–water partition coefficient (Wildman–Crippen LogP) is 2.41. The summed E-state index contributed by atoms with van der Waals surface area (Å²) in [6.45, 7) is 5.87. The van der Waals surface area contributed by atoms with E-state index in [1.165, 1.54) is 10.6 Å². The first kappa shape index (κ1) is 14.1. The molecule has 0 spiro atoms. The van der Waals surface area contributed by atoms with Gasteiger partial charge in [-0.3, -0.25) is 9.59 Å². The van der Waals surface area contributed by atoms with Crippen LogP contribution in [0.5, 0.6) is 0 Å². The van der Waals surface area contributed by atoms with Crippen LogP contribution in [-0.4, -0.2) is 10.5 Å². The SMILES string of the molecule is Cc1ccc(=O)n(CC(=O)Nc2cccc(C)c2C)c1. The number of carbonyl (C=O) groups is 1. The fourth-order valence-corrected chi connectivity index (χ4v) is 2.01. The highest BCUT2D eigenvalue weighted by Gasteiger charge is 2.07. The molecule has 1 aromatic carbocycles. The lowest BCUT2D eigenvalue weighted by molar-refractivity contribution is -0.116. The van der Waals surface area contributed by atoms with Crippen molar-refractivity contribution in [2.75, 3.05) is 5.32 Å². The van der Waals surface area contributed by atoms with Gasteiger partial charge in [-0.2, -0.15) is 0 Å². The van der Waals surface area contributed by atoms with Crippen LogP contribution in [0.4, 0.5) is 5.69 Å². The van der Waals surface area contributed by atoms with Gasteiger partial charge in [0, 0.05) is 18.0 Å². The van der Waals surface area contributed by atoms with E-state index < -0.39 is 0 Å². The molecule has 1 heterocycles. The zero-order chi connectivity index (χ0) is 14.7. The topological polar surface area (TPSA) is 51.1 Å². The van der Waals surface area contributed by atoms with Gasteiger partial charge in [0.05, 0.1) is 0 Å². The van der Waals surface area contributed by atoms with Gasteiger partial charge in [0.1, 0.15) is 6.54 Å². The summed E-state index contributed by atoms with van der Waals surface area (Å²) in [7, 11) is 0. The molecule has 0 aliphatic carbocycles. The van der Waals surface area contributed by atoms with E-state index in [1.54, 1.807) is 12.3 Å². The standard InChI is InChI=1S/C16H18N2O2/c1-11-7-8-16(20)18(9-11)10-15(19)17-14-6-4-5-12(2)13(14)3/h4-9H,10H2,1-3H3,(H,17,19). The summed E-state index contributed by atoms with van der Waals surface area (Å²) in [6.07, 6.45) is 1.69. The number of anilines is 1. The summed E-state index contributed by atoms with van der Waals surface area (Å²) < 4.78 is 1.41. The van der Waals surface area contributed by atoms with E-state index in [0.29, 0.717) is 0 Å². The first-order valence-electron chi connectivity index (χ1n) is 6.50. The minimum Gasteiger partial charge on any atom is -0.324 e. The molecule has 2 rings (SSSR count). The molecule has 1 N–H and O–H groups in total. The minimum absolute atomic E-state index is 0.0217. The predicted molar refractivity (Wildman–Crippen MR) is 80.0 cm³/mol. The van der Waals surface area contributed by atoms with Crippen LogP contribution < -0.4 is 10.9 Å². The third kappa shape index (κ3) is 3.15. The third-order valence-corrected chi connectivity index (χ3v) is 3.32. The highest BCUT2D eigenvalue weighted by atomic mass is 16.2. The highest BCUT2D eigenvalue weighted by molar-refractivity contribution is 5.91. The van der Waals surface area contributed by atoms with Gasteiger partial charge in [-0.25, -0.2) is 0 Å². The molecule has 104 valence electrons. The van der Waals surface area contributed by atoms with Crippen molar-refractivity contribution in [2.24, 2.45) is 0 Å². The van der Waals surface area contributed by atoms with E-state index in [9.17, 15) is 9.59 Å². The van der Waals surface area contributed by atoms with E-state index in [1.807, 2.05) is 39.0 Å². The van der Waals surface area contributed by atoms with Crippen molar-refractivity contribution < 1.29 is 4.79 Å². The van der Waals surface area contributed by atoms with Gasteiger partial charge < -0.3 is 9.88 Å². The Kier molecular flexibility index (Phi) is 4.03. The number of benzene rings is 1. The summed E-state index contributed by atoms with van der Waals surface area (Å²) in [5.41, 5.74) is 3.72. The Morgan fingerprint density at radius 2 is 1.90 bits per heavy atom. The summed E-state index contributed by atoms with van der Waals surface area (Å²) in [6, 6.07) is 8.97. The Morgan fingerprint density at radius 3 is 2.65 bits per heavy atom. The number of aromatic nitrogens is 1. The molecule has 0 aliphatic rings. The molecule has 4 nitrogen and oxygen atoms in total. The molecular weight excluding hydrogens is 252 g/mol. The molecule has 1 amide bonds. The van der Waals surface area contributed by atoms with Crippen molar-refractivity contribution in [1.29, 1.82) is 0 Å². The molecule has 0 radical (unpaired) electrons. The molecular formula is C16H18N2O2. The number of carbonyl (C=O) groups excluding carboxylic acids is 1. The van der Waals surface area contributed by atoms with Crippen molar-refractivity contribution >= 4 is 11.6 Å². The van der Waals surface area contributed by atoms with Crippen molar-refractivity contribution in [3.8, 4) is 0 Å². The third-order valence-electron chi connectivity index (χ3n) is 3.32. The van der Waals surface area contributed by atoms with Gasteiger partial charge >= 0.3 is 0 Å². The normalized spacial score (nSPS) is 10.3. The molecule has 2 aromatic rings. The first-order chi connectivity index (χ1) is 9.47. The quantitative estimate of drug-likeness (QED) is 0.931. The number of aryl methyl sites for hydroxylation is 2. The average molecular weight is 270 g/mol. The minimum atomic E-state index is -0.202. The second-order valence-corrected chi connectivity index (χ2v) is 4.97. The fraction of sp³-hybridized carbons (Fsp3) is 0.250. The Balaban J connectivity index is 2.15. The molecule has 20 heavy (non-hydrogen) atoms. The Bertz CT molecular complexity index is 702. The molecule has 0 saturated heterocycles. The number of rotatable bonds is 3. The number of amides is 1. The molecule has 1 aromatic heterocycles. The zero-order valence-electron chi connectivity index (χ0n) is 11.9. The maximum Gasteiger partial charge on any atom is 0.251 e. The number of pyridine rings is 1. The second kappa shape index (κ2) is 5.74. The summed E-state index contributed by atoms with van der Waals surface area (Å²) >= 11 is 0. The number of nitrogens with one attached hydrogen (secondary N) is 1. The van der Waals surface area contributed by atoms with Crippen molar-refractivity contribution in [1.82, 2.24) is 4.57 Å². The van der Waals surface area contributed by atoms with Gasteiger partial charge in [-0.05, 0) is 43.5 Å². The molecule has 0 aliphatic heterocycles. The molecule has 4 heteroatoms. The Morgan fingerprint density at radius 1 is 1.15 bits per heavy atom. The van der Waals surface area contributed by atoms with Crippen molar-refractivity contribution in [2.45, 2.75) is 27.3 Å². The van der Waals surface area contributed by atoms with Crippen LogP contribution in [0.1, 0.15) is 16.7 Å². The zero-order valence-corrected chi connectivity index (χ0v) is 11.9. The monoisotopic (exact) mass is 270 g/mol. The highest BCUT2D eigenvalue weighted by Crippen LogP contribution is 2.17. The van der Waals surface area contributed by atoms with Gasteiger partial charge in [0.15, 0.2) is 0 Å². The molecule has 0 fully saturated rings. The molecule has 0 saturated carbocycles. The maximum atomic E-state index is 12.0. The Hall–Kier alpha value is -2.36. The van der Waals surface area contributed by atoms with Crippen LogP contribution in [0.15, 0.2) is 41.3 Å². The van der Waals surface area contributed by atoms with E-state index in [2.05, 4.69) is 5.32 Å². The second-order valence-electron chi connectivity index (χ2n) is 4.97. The van der Waals surface area contributed by atoms with Gasteiger partial charge in [0.25, 0.3) is 5.56 Å². The number of nitrogens with zero attached hydrogens (tertiary/aromatic N) is 1. The fourth-order valence-electron chi connectivity index (χ4n) is 2.01. The molecule has 0 bridgehead atoms. The lowest BCUT2D eigenvalue weighted by Crippen LogP contribution is -2.27. The summed E-state index contributed by atoms with van der Waals surface area (Å²) in [4.78, 5) is 23.7. The lowest BCUT2D eigenvalue weighted by atomic mass is 10.1. The van der Waals surface area contributed by atoms with Gasteiger partial charge in [-0.1, -0.05) is 18.2 Å². The number of hydrogen-bond acceptors (Lipinski definition) is 2. The van der Waals surface area contributed by atoms with Crippen molar-refractivity contribution in [3.63, 3.8) is 0 Å². The summed E-state index contributed by atoms with van der Waals surface area (Å²) in [5.74, 6) is -0.202. The van der Waals surface area contributed by atoms with Crippen LogP contribution in [-0.2, 0) is 11.3 Å². The van der Waals surface area contributed by atoms with Crippen molar-refractivity contribution in [3.05, 3.63) is 63.6 Å². The van der Waals surface area contributed by atoms with E-state index in [-0.39, 0.29) is 18.0 Å². The van der Waals surface area contributed by atoms with Crippen LogP contribution >= 0.6 is 0 Å². The average Bonchev–Trinajstić information content (AvgIpc) is 2.39. The first-order valence-corrected chi connectivity index (χ1v) is 6.50. The molecule has 0 atom stereocenters. The van der Waals surface area contributed by atoms with Gasteiger partial charge in [0.2, 0.25) is 5.91 Å². The maximum absolute atomic E-state index is 12.0. The van der Waals surface area contributed by atoms with E-state index in [4.69, 9.17) is 0 Å². The number of hydrogen-bond donors (Lipinski definition) is 1. The lowest BCUT2D eigenvalue weighted by Gasteiger charge is -2.11. The van der Waals surface area contributed by atoms with Crippen LogP contribution in [0.2, 0.25) is 0 Å². The van der Waals surface area contributed by atoms with E-state index >= 15 is 0 Å². The van der Waals surface area contributed by atoms with E-state index in [0.717, 1.165) is 22.4 Å². The van der Waals surface area contributed by atoms with Gasteiger partial charge in [-0.15, -0.1) is 0 Å². The Labute approximate surface area is 118 Å².